The molecule has 2 N–H and O–H groups in total. The Hall–Kier alpha value is -1.64. The quantitative estimate of drug-likeness (QED) is 0.894. The van der Waals surface area contributed by atoms with Crippen LogP contribution in [0.1, 0.15) is 55.5 Å². The lowest BCUT2D eigenvalue weighted by atomic mass is 9.91. The van der Waals surface area contributed by atoms with Gasteiger partial charge < -0.3 is 10.2 Å². The zero-order valence-corrected chi connectivity index (χ0v) is 14.1. The molecule has 2 nitrogen and oxygen atoms in total. The van der Waals surface area contributed by atoms with Gasteiger partial charge in [0.15, 0.2) is 0 Å². The fourth-order valence-corrected chi connectivity index (χ4v) is 2.58. The van der Waals surface area contributed by atoms with Crippen molar-refractivity contribution in [3.63, 3.8) is 0 Å². The molecule has 0 spiro atoms. The molecular formula is C20H26O2. The van der Waals surface area contributed by atoms with E-state index in [-0.39, 0.29) is 0 Å². The van der Waals surface area contributed by atoms with Crippen molar-refractivity contribution in [1.29, 1.82) is 0 Å². The van der Waals surface area contributed by atoms with E-state index < -0.39 is 11.2 Å². The van der Waals surface area contributed by atoms with Crippen molar-refractivity contribution in [2.45, 2.75) is 52.2 Å². The monoisotopic (exact) mass is 298 g/mol. The molecule has 0 heterocycles. The summed E-state index contributed by atoms with van der Waals surface area (Å²) in [5.74, 6) is 0. The summed E-state index contributed by atoms with van der Waals surface area (Å²) in [5, 5.41) is 20.2. The van der Waals surface area contributed by atoms with Crippen LogP contribution in [0.15, 0.2) is 42.5 Å². The van der Waals surface area contributed by atoms with Gasteiger partial charge in [0, 0.05) is 0 Å². The second-order valence-corrected chi connectivity index (χ2v) is 7.20. The van der Waals surface area contributed by atoms with Gasteiger partial charge in [0.25, 0.3) is 0 Å². The van der Waals surface area contributed by atoms with Crippen molar-refractivity contribution in [1.82, 2.24) is 0 Å². The summed E-state index contributed by atoms with van der Waals surface area (Å²) in [5.41, 5.74) is 3.76. The van der Waals surface area contributed by atoms with Crippen molar-refractivity contribution in [2.75, 3.05) is 0 Å². The first-order chi connectivity index (χ1) is 10.1. The molecule has 0 aliphatic heterocycles. The van der Waals surface area contributed by atoms with Crippen LogP contribution in [0.4, 0.5) is 0 Å². The van der Waals surface area contributed by atoms with Gasteiger partial charge in [0.2, 0.25) is 0 Å². The largest absolute Gasteiger partial charge is 0.386 e. The SMILES string of the molecule is Cc1cc(Cc2ccc(C(C)(C)O)cc2)cc(C(C)(C)O)c1. The summed E-state index contributed by atoms with van der Waals surface area (Å²) < 4.78 is 0. The molecule has 0 atom stereocenters. The Kier molecular flexibility index (Phi) is 4.46. The van der Waals surface area contributed by atoms with Gasteiger partial charge >= 0.3 is 0 Å². The Morgan fingerprint density at radius 3 is 1.77 bits per heavy atom. The summed E-state index contributed by atoms with van der Waals surface area (Å²) in [6.07, 6.45) is 0.816. The van der Waals surface area contributed by atoms with Gasteiger partial charge in [-0.25, -0.2) is 0 Å². The maximum atomic E-state index is 10.2. The average Bonchev–Trinajstić information content (AvgIpc) is 2.36. The van der Waals surface area contributed by atoms with Crippen molar-refractivity contribution < 1.29 is 10.2 Å². The Labute approximate surface area is 133 Å². The van der Waals surface area contributed by atoms with Crippen LogP contribution in [-0.2, 0) is 17.6 Å². The lowest BCUT2D eigenvalue weighted by molar-refractivity contribution is 0.0779. The van der Waals surface area contributed by atoms with Gasteiger partial charge in [0.05, 0.1) is 11.2 Å². The molecule has 22 heavy (non-hydrogen) atoms. The minimum Gasteiger partial charge on any atom is -0.386 e. The van der Waals surface area contributed by atoms with E-state index in [1.54, 1.807) is 13.8 Å². The fourth-order valence-electron chi connectivity index (χ4n) is 2.58. The van der Waals surface area contributed by atoms with Gasteiger partial charge in [-0.05, 0) is 63.3 Å². The number of hydrogen-bond acceptors (Lipinski definition) is 2. The Morgan fingerprint density at radius 2 is 1.27 bits per heavy atom. The second kappa shape index (κ2) is 5.86. The highest BCUT2D eigenvalue weighted by Crippen LogP contribution is 2.25. The molecule has 0 bridgehead atoms. The van der Waals surface area contributed by atoms with Crippen LogP contribution in [0.2, 0.25) is 0 Å². The van der Waals surface area contributed by atoms with Crippen LogP contribution in [0, 0.1) is 6.92 Å². The van der Waals surface area contributed by atoms with Crippen LogP contribution in [0.25, 0.3) is 0 Å². The standard InChI is InChI=1S/C20H26O2/c1-14-10-16(13-18(11-14)20(4,5)22)12-15-6-8-17(9-7-15)19(2,3)21/h6-11,13,21-22H,12H2,1-5H3. The second-order valence-electron chi connectivity index (χ2n) is 7.20. The lowest BCUT2D eigenvalue weighted by Crippen LogP contribution is -2.16. The molecule has 2 aromatic carbocycles. The predicted octanol–water partition coefficient (Wildman–Crippen LogP) is 4.04. The molecule has 2 heteroatoms. The third-order valence-electron chi connectivity index (χ3n) is 3.91. The number of benzene rings is 2. The molecule has 2 rings (SSSR count). The first-order valence-corrected chi connectivity index (χ1v) is 7.71. The minimum absolute atomic E-state index is 0.810. The summed E-state index contributed by atoms with van der Waals surface area (Å²) in [7, 11) is 0. The van der Waals surface area contributed by atoms with Crippen LogP contribution in [0.5, 0.6) is 0 Å². The highest BCUT2D eigenvalue weighted by Gasteiger charge is 2.17. The molecule has 118 valence electrons. The summed E-state index contributed by atoms with van der Waals surface area (Å²) in [6.45, 7) is 9.25. The summed E-state index contributed by atoms with van der Waals surface area (Å²) in [6, 6.07) is 14.3. The smallest absolute Gasteiger partial charge is 0.0840 e. The molecule has 0 aliphatic rings. The third kappa shape index (κ3) is 4.19. The van der Waals surface area contributed by atoms with Crippen molar-refractivity contribution >= 4 is 0 Å². The molecule has 0 aliphatic carbocycles. The first-order valence-electron chi connectivity index (χ1n) is 7.71. The van der Waals surface area contributed by atoms with Crippen LogP contribution >= 0.6 is 0 Å². The van der Waals surface area contributed by atoms with Gasteiger partial charge in [-0.15, -0.1) is 0 Å². The molecule has 0 aromatic heterocycles. The van der Waals surface area contributed by atoms with E-state index in [1.165, 1.54) is 11.1 Å². The number of aliphatic hydroxyl groups is 2. The molecular weight excluding hydrogens is 272 g/mol. The van der Waals surface area contributed by atoms with Gasteiger partial charge in [0.1, 0.15) is 0 Å². The van der Waals surface area contributed by atoms with E-state index in [0.717, 1.165) is 23.1 Å². The zero-order valence-electron chi connectivity index (χ0n) is 14.1. The normalized spacial score (nSPS) is 12.5. The zero-order chi connectivity index (χ0) is 16.5. The highest BCUT2D eigenvalue weighted by molar-refractivity contribution is 5.36. The molecule has 0 saturated carbocycles. The van der Waals surface area contributed by atoms with Gasteiger partial charge in [-0.1, -0.05) is 48.0 Å². The number of rotatable bonds is 4. The molecule has 0 amide bonds. The Balaban J connectivity index is 2.26. The molecule has 0 fully saturated rings. The van der Waals surface area contributed by atoms with Crippen LogP contribution < -0.4 is 0 Å². The fraction of sp³-hybridized carbons (Fsp3) is 0.400. The first kappa shape index (κ1) is 16.7. The van der Waals surface area contributed by atoms with Gasteiger partial charge in [-0.3, -0.25) is 0 Å². The third-order valence-corrected chi connectivity index (χ3v) is 3.91. The Morgan fingerprint density at radius 1 is 0.727 bits per heavy atom. The van der Waals surface area contributed by atoms with Crippen LogP contribution in [0.3, 0.4) is 0 Å². The molecule has 0 unspecified atom stereocenters. The van der Waals surface area contributed by atoms with E-state index in [4.69, 9.17) is 0 Å². The predicted molar refractivity (Wildman–Crippen MR) is 90.9 cm³/mol. The van der Waals surface area contributed by atoms with Gasteiger partial charge in [-0.2, -0.15) is 0 Å². The summed E-state index contributed by atoms with van der Waals surface area (Å²) in [4.78, 5) is 0. The minimum atomic E-state index is -0.828. The van der Waals surface area contributed by atoms with E-state index >= 15 is 0 Å². The van der Waals surface area contributed by atoms with Crippen LogP contribution in [-0.4, -0.2) is 10.2 Å². The van der Waals surface area contributed by atoms with Crippen molar-refractivity contribution in [3.05, 3.63) is 70.3 Å². The van der Waals surface area contributed by atoms with Crippen molar-refractivity contribution in [3.8, 4) is 0 Å². The Bertz CT molecular complexity index is 641. The molecule has 2 aromatic rings. The maximum Gasteiger partial charge on any atom is 0.0840 e. The maximum absolute atomic E-state index is 10.2. The van der Waals surface area contributed by atoms with Crippen molar-refractivity contribution in [2.24, 2.45) is 0 Å². The molecule has 0 saturated heterocycles. The topological polar surface area (TPSA) is 40.5 Å². The lowest BCUT2D eigenvalue weighted by Gasteiger charge is -2.20. The van der Waals surface area contributed by atoms with E-state index in [2.05, 4.69) is 31.2 Å². The summed E-state index contributed by atoms with van der Waals surface area (Å²) >= 11 is 0. The van der Waals surface area contributed by atoms with E-state index in [1.807, 2.05) is 32.0 Å². The van der Waals surface area contributed by atoms with E-state index in [9.17, 15) is 10.2 Å². The number of hydrogen-bond donors (Lipinski definition) is 2. The van der Waals surface area contributed by atoms with E-state index in [0.29, 0.717) is 0 Å². The highest BCUT2D eigenvalue weighted by atomic mass is 16.3. The molecule has 0 radical (unpaired) electrons. The average molecular weight is 298 g/mol. The number of aryl methyl sites for hydroxylation is 1.